The van der Waals surface area contributed by atoms with Gasteiger partial charge in [0.2, 0.25) is 5.91 Å². The van der Waals surface area contributed by atoms with Crippen molar-refractivity contribution in [2.45, 2.75) is 25.6 Å². The molecule has 50 heavy (non-hydrogen) atoms. The summed E-state index contributed by atoms with van der Waals surface area (Å²) < 4.78 is 58.3. The number of carbonyl (C=O) groups is 2. The van der Waals surface area contributed by atoms with E-state index in [4.69, 9.17) is 25.8 Å². The molecule has 1 atom stereocenters. The maximum atomic E-state index is 13.6. The molecule has 266 valence electrons. The summed E-state index contributed by atoms with van der Waals surface area (Å²) in [6, 6.07) is 9.19. The first-order valence-corrected chi connectivity index (χ1v) is 16.0. The largest absolute Gasteiger partial charge is 0.496 e. The van der Waals surface area contributed by atoms with Gasteiger partial charge in [0, 0.05) is 60.1 Å². The first-order chi connectivity index (χ1) is 23.9. The predicted molar refractivity (Wildman–Crippen MR) is 178 cm³/mol. The summed E-state index contributed by atoms with van der Waals surface area (Å²) in [5, 5.41) is 12.7. The van der Waals surface area contributed by atoms with E-state index in [1.165, 1.54) is 55.3 Å². The van der Waals surface area contributed by atoms with E-state index in [-0.39, 0.29) is 51.2 Å². The van der Waals surface area contributed by atoms with Gasteiger partial charge in [-0.3, -0.25) is 23.9 Å². The predicted octanol–water partition coefficient (Wildman–Crippen LogP) is 4.44. The van der Waals surface area contributed by atoms with Crippen LogP contribution in [0.2, 0.25) is 5.02 Å². The Balaban J connectivity index is 1.36. The zero-order valence-electron chi connectivity index (χ0n) is 27.4. The Labute approximate surface area is 289 Å². The molecule has 17 heteroatoms. The number of methoxy groups -OCH3 is 2. The molecule has 0 spiro atoms. The van der Waals surface area contributed by atoms with Crippen LogP contribution in [-0.2, 0) is 15.7 Å². The minimum absolute atomic E-state index is 0.140. The molecule has 2 N–H and O–H groups in total. The highest BCUT2D eigenvalue weighted by molar-refractivity contribution is 6.31. The van der Waals surface area contributed by atoms with Gasteiger partial charge in [-0.25, -0.2) is 4.68 Å². The van der Waals surface area contributed by atoms with Gasteiger partial charge in [-0.05, 0) is 36.8 Å². The Morgan fingerprint density at radius 3 is 2.42 bits per heavy atom. The van der Waals surface area contributed by atoms with Crippen molar-refractivity contribution in [3.05, 3.63) is 81.5 Å². The number of hydrogen-bond donors (Lipinski definition) is 2. The molecule has 2 aromatic heterocycles. The monoisotopic (exact) mass is 717 g/mol. The molecular weight excluding hydrogens is 683 g/mol. The van der Waals surface area contributed by atoms with Crippen molar-refractivity contribution >= 4 is 29.1 Å². The number of rotatable bonds is 12. The van der Waals surface area contributed by atoms with Crippen LogP contribution in [0.4, 0.5) is 18.9 Å². The number of anilines is 1. The van der Waals surface area contributed by atoms with Gasteiger partial charge in [0.25, 0.3) is 11.5 Å². The summed E-state index contributed by atoms with van der Waals surface area (Å²) in [7, 11) is 2.76. The maximum Gasteiger partial charge on any atom is 0.436 e. The molecule has 4 aromatic rings. The Kier molecular flexibility index (Phi) is 11.4. The number of amides is 2. The van der Waals surface area contributed by atoms with Gasteiger partial charge in [-0.15, -0.1) is 5.10 Å². The van der Waals surface area contributed by atoms with Crippen molar-refractivity contribution in [1.29, 1.82) is 0 Å². The van der Waals surface area contributed by atoms with Crippen molar-refractivity contribution in [2.24, 2.45) is 0 Å². The van der Waals surface area contributed by atoms with Crippen LogP contribution >= 0.6 is 11.6 Å². The number of morpholine rings is 1. The normalized spacial score (nSPS) is 14.2. The molecule has 13 nitrogen and oxygen atoms in total. The quantitative estimate of drug-likeness (QED) is 0.218. The van der Waals surface area contributed by atoms with E-state index in [2.05, 4.69) is 25.8 Å². The van der Waals surface area contributed by atoms with Crippen LogP contribution in [0.15, 0.2) is 59.7 Å². The summed E-state index contributed by atoms with van der Waals surface area (Å²) in [6.45, 7) is 5.77. The van der Waals surface area contributed by atoms with Gasteiger partial charge >= 0.3 is 6.18 Å². The van der Waals surface area contributed by atoms with Crippen LogP contribution in [0.1, 0.15) is 35.4 Å². The number of nitrogens with zero attached hydrogens (tertiary/aromatic N) is 5. The molecule has 1 aliphatic heterocycles. The van der Waals surface area contributed by atoms with Gasteiger partial charge in [0.05, 0.1) is 51.1 Å². The zero-order valence-corrected chi connectivity index (χ0v) is 28.2. The van der Waals surface area contributed by atoms with E-state index in [0.29, 0.717) is 32.0 Å². The lowest BCUT2D eigenvalue weighted by molar-refractivity contribution is -0.141. The molecule has 1 fully saturated rings. The van der Waals surface area contributed by atoms with E-state index >= 15 is 0 Å². The van der Waals surface area contributed by atoms with Gasteiger partial charge in [-0.1, -0.05) is 23.7 Å². The smallest absolute Gasteiger partial charge is 0.436 e. The number of hydrogen-bond acceptors (Lipinski definition) is 9. The van der Waals surface area contributed by atoms with Crippen LogP contribution in [0.3, 0.4) is 0 Å². The number of aromatic nitrogens is 4. The lowest BCUT2D eigenvalue weighted by Crippen LogP contribution is -2.41. The van der Waals surface area contributed by atoms with Crippen molar-refractivity contribution in [3.8, 4) is 28.3 Å². The molecule has 1 saturated heterocycles. The first-order valence-electron chi connectivity index (χ1n) is 15.6. The topological polar surface area (TPSA) is 142 Å². The number of ether oxygens (including phenoxy) is 3. The minimum atomic E-state index is -4.72. The Morgan fingerprint density at radius 1 is 1.02 bits per heavy atom. The lowest BCUT2D eigenvalue weighted by Gasteiger charge is -2.26. The number of pyridine rings is 1. The van der Waals surface area contributed by atoms with E-state index in [1.807, 2.05) is 0 Å². The molecule has 0 radical (unpaired) electrons. The van der Waals surface area contributed by atoms with Gasteiger partial charge in [-0.2, -0.15) is 13.2 Å². The Bertz CT molecular complexity index is 1910. The molecule has 0 aliphatic carbocycles. The highest BCUT2D eigenvalue weighted by Gasteiger charge is 2.35. The van der Waals surface area contributed by atoms with Crippen LogP contribution in [-0.4, -0.2) is 89.9 Å². The van der Waals surface area contributed by atoms with Gasteiger partial charge < -0.3 is 24.8 Å². The van der Waals surface area contributed by atoms with E-state index < -0.39 is 29.4 Å². The molecule has 5 rings (SSSR count). The third-order valence-electron chi connectivity index (χ3n) is 8.10. The van der Waals surface area contributed by atoms with Crippen LogP contribution < -0.4 is 25.7 Å². The summed E-state index contributed by atoms with van der Waals surface area (Å²) in [4.78, 5) is 42.2. The molecular formula is C33H35ClF3N7O6. The van der Waals surface area contributed by atoms with Crippen molar-refractivity contribution < 1.29 is 37.0 Å². The van der Waals surface area contributed by atoms with E-state index in [0.717, 1.165) is 24.0 Å². The van der Waals surface area contributed by atoms with Gasteiger partial charge in [0.1, 0.15) is 17.5 Å². The lowest BCUT2D eigenvalue weighted by atomic mass is 10.0. The van der Waals surface area contributed by atoms with E-state index in [9.17, 15) is 27.6 Å². The number of nitrogens with one attached hydrogen (secondary N) is 2. The highest BCUT2D eigenvalue weighted by atomic mass is 35.5. The molecule has 0 bridgehead atoms. The summed E-state index contributed by atoms with van der Waals surface area (Å²) in [5.41, 5.74) is -0.571. The third-order valence-corrected chi connectivity index (χ3v) is 8.33. The van der Waals surface area contributed by atoms with E-state index in [1.54, 1.807) is 19.1 Å². The van der Waals surface area contributed by atoms with Crippen LogP contribution in [0.5, 0.6) is 11.5 Å². The SMILES string of the molecule is CC[C@@H](C(=O)Nc1ccc(C(=O)NCCN2CCOCC2)c(OC)c1)n1cc(OC)c(-c2cc(Cl)ccc2-n2cc(C(F)(F)F)nn2)cc1=O. The number of halogens is 4. The van der Waals surface area contributed by atoms with Crippen molar-refractivity contribution in [2.75, 3.05) is 58.9 Å². The highest BCUT2D eigenvalue weighted by Crippen LogP contribution is 2.36. The molecule has 2 aromatic carbocycles. The third kappa shape index (κ3) is 8.26. The molecule has 3 heterocycles. The van der Waals surface area contributed by atoms with Crippen molar-refractivity contribution in [1.82, 2.24) is 29.8 Å². The molecule has 2 amide bonds. The van der Waals surface area contributed by atoms with Crippen molar-refractivity contribution in [3.63, 3.8) is 0 Å². The standard InChI is InChI=1S/C33H35ClF3N7O6/c1-4-25(32(47)39-21-6-7-22(27(16-21)48-2)31(46)38-9-10-42-11-13-50-14-12-42)43-18-28(49-3)24(17-30(43)45)23-15-20(34)5-8-26(23)44-19-29(40-41-44)33(35,36)37/h5-8,15-19,25H,4,9-14H2,1-3H3,(H,38,46)(H,39,47)/t25-/m0/s1. The fourth-order valence-electron chi connectivity index (χ4n) is 5.52. The molecule has 0 unspecified atom stereocenters. The average molecular weight is 718 g/mol. The minimum Gasteiger partial charge on any atom is -0.496 e. The Hall–Kier alpha value is -4.93. The molecule has 0 saturated carbocycles. The molecule has 1 aliphatic rings. The first kappa shape index (κ1) is 36.4. The fourth-order valence-corrected chi connectivity index (χ4v) is 5.69. The Morgan fingerprint density at radius 2 is 1.76 bits per heavy atom. The summed E-state index contributed by atoms with van der Waals surface area (Å²) in [5.74, 6) is -0.471. The van der Waals surface area contributed by atoms with Crippen LogP contribution in [0, 0.1) is 0 Å². The second kappa shape index (κ2) is 15.7. The summed E-state index contributed by atoms with van der Waals surface area (Å²) in [6.07, 6.45) is -2.44. The maximum absolute atomic E-state index is 13.6. The second-order valence-corrected chi connectivity index (χ2v) is 11.7. The number of carbonyl (C=O) groups excluding carboxylic acids is 2. The summed E-state index contributed by atoms with van der Waals surface area (Å²) >= 11 is 6.25. The zero-order chi connectivity index (χ0) is 36.0. The fraction of sp³-hybridized carbons (Fsp3) is 0.364. The number of benzene rings is 2. The average Bonchev–Trinajstić information content (AvgIpc) is 3.61. The number of alkyl halides is 3. The van der Waals surface area contributed by atoms with Crippen LogP contribution in [0.25, 0.3) is 16.8 Å². The second-order valence-electron chi connectivity index (χ2n) is 11.2. The van der Waals surface area contributed by atoms with Gasteiger partial charge in [0.15, 0.2) is 5.69 Å².